The molecule has 1 N–H and O–H groups in total. The summed E-state index contributed by atoms with van der Waals surface area (Å²) in [6.07, 6.45) is 2.61. The second-order valence-electron chi connectivity index (χ2n) is 7.34. The molecule has 0 saturated carbocycles. The average molecular weight is 355 g/mol. The third-order valence-electron chi connectivity index (χ3n) is 5.41. The molecule has 1 unspecified atom stereocenters. The zero-order valence-corrected chi connectivity index (χ0v) is 14.9. The van der Waals surface area contributed by atoms with Gasteiger partial charge in [0, 0.05) is 13.0 Å². The highest BCUT2D eigenvalue weighted by atomic mass is 16.5. The average Bonchev–Trinajstić information content (AvgIpc) is 3.15. The van der Waals surface area contributed by atoms with Crippen LogP contribution in [0.4, 0.5) is 0 Å². The number of ether oxygens (including phenoxy) is 2. The van der Waals surface area contributed by atoms with Gasteiger partial charge < -0.3 is 14.6 Å². The number of aliphatic carboxylic acids is 1. The van der Waals surface area contributed by atoms with Crippen LogP contribution >= 0.6 is 0 Å². The van der Waals surface area contributed by atoms with Gasteiger partial charge in [0.15, 0.2) is 0 Å². The molecular weight excluding hydrogens is 330 g/mol. The highest BCUT2D eigenvalue weighted by Crippen LogP contribution is 2.25. The smallest absolute Gasteiger partial charge is 0.306 e. The van der Waals surface area contributed by atoms with E-state index in [0.717, 1.165) is 51.3 Å². The predicted octanol–water partition coefficient (Wildman–Crippen LogP) is 3.30. The standard InChI is InChI=1S/C21H25NO4/c23-21(24)16-5-8-22(9-6-16)13-15-1-2-18-12-19(4-3-17(18)11-15)26-20-7-10-25-14-20/h1-4,11-12,16,20H,5-10,13-14H2,(H,23,24). The summed E-state index contributed by atoms with van der Waals surface area (Å²) in [5.41, 5.74) is 1.27. The first-order chi connectivity index (χ1) is 12.7. The van der Waals surface area contributed by atoms with Crippen molar-refractivity contribution >= 4 is 16.7 Å². The molecule has 2 heterocycles. The van der Waals surface area contributed by atoms with Gasteiger partial charge >= 0.3 is 5.97 Å². The van der Waals surface area contributed by atoms with Crippen molar-refractivity contribution in [2.45, 2.75) is 31.9 Å². The molecule has 5 nitrogen and oxygen atoms in total. The number of piperidine rings is 1. The first kappa shape index (κ1) is 17.3. The van der Waals surface area contributed by atoms with E-state index in [0.29, 0.717) is 6.61 Å². The molecule has 0 spiro atoms. The van der Waals surface area contributed by atoms with Crippen molar-refractivity contribution in [1.29, 1.82) is 0 Å². The Morgan fingerprint density at radius 3 is 2.62 bits per heavy atom. The summed E-state index contributed by atoms with van der Waals surface area (Å²) in [4.78, 5) is 13.4. The maximum absolute atomic E-state index is 11.1. The normalized spacial score (nSPS) is 21.9. The van der Waals surface area contributed by atoms with Crippen molar-refractivity contribution in [3.05, 3.63) is 42.0 Å². The van der Waals surface area contributed by atoms with Gasteiger partial charge in [-0.3, -0.25) is 9.69 Å². The van der Waals surface area contributed by atoms with Gasteiger partial charge in [-0.25, -0.2) is 0 Å². The minimum Gasteiger partial charge on any atom is -0.488 e. The molecule has 4 rings (SSSR count). The number of carbonyl (C=O) groups is 1. The zero-order valence-electron chi connectivity index (χ0n) is 14.9. The van der Waals surface area contributed by atoms with Crippen LogP contribution in [-0.4, -0.2) is 48.4 Å². The number of carboxylic acid groups (broad SMARTS) is 1. The number of carboxylic acids is 1. The molecule has 2 aliphatic rings. The molecule has 26 heavy (non-hydrogen) atoms. The largest absolute Gasteiger partial charge is 0.488 e. The molecular formula is C21H25NO4. The summed E-state index contributed by atoms with van der Waals surface area (Å²) in [7, 11) is 0. The Morgan fingerprint density at radius 1 is 1.12 bits per heavy atom. The fourth-order valence-electron chi connectivity index (χ4n) is 3.84. The van der Waals surface area contributed by atoms with Crippen molar-refractivity contribution < 1.29 is 19.4 Å². The lowest BCUT2D eigenvalue weighted by atomic mass is 9.96. The van der Waals surface area contributed by atoms with Gasteiger partial charge in [-0.1, -0.05) is 18.2 Å². The number of benzene rings is 2. The second-order valence-corrected chi connectivity index (χ2v) is 7.34. The summed E-state index contributed by atoms with van der Waals surface area (Å²) >= 11 is 0. The summed E-state index contributed by atoms with van der Waals surface area (Å²) in [5, 5.41) is 11.5. The molecule has 2 fully saturated rings. The number of hydrogen-bond donors (Lipinski definition) is 1. The topological polar surface area (TPSA) is 59.0 Å². The van der Waals surface area contributed by atoms with Crippen LogP contribution in [0.15, 0.2) is 36.4 Å². The Balaban J connectivity index is 1.40. The Labute approximate surface area is 153 Å². The summed E-state index contributed by atoms with van der Waals surface area (Å²) in [5.74, 6) is 0.0700. The van der Waals surface area contributed by atoms with E-state index < -0.39 is 5.97 Å². The number of fused-ring (bicyclic) bond motifs is 1. The summed E-state index contributed by atoms with van der Waals surface area (Å²) in [6.45, 7) is 4.04. The van der Waals surface area contributed by atoms with E-state index in [2.05, 4.69) is 35.2 Å². The van der Waals surface area contributed by atoms with Crippen LogP contribution in [0.5, 0.6) is 5.75 Å². The molecule has 2 saturated heterocycles. The maximum Gasteiger partial charge on any atom is 0.306 e. The van der Waals surface area contributed by atoms with Gasteiger partial charge in [-0.15, -0.1) is 0 Å². The number of hydrogen-bond acceptors (Lipinski definition) is 4. The lowest BCUT2D eigenvalue weighted by Crippen LogP contribution is -2.35. The van der Waals surface area contributed by atoms with Crippen LogP contribution < -0.4 is 4.74 Å². The molecule has 1 atom stereocenters. The molecule has 0 amide bonds. The lowest BCUT2D eigenvalue weighted by molar-refractivity contribution is -0.143. The first-order valence-electron chi connectivity index (χ1n) is 9.39. The quantitative estimate of drug-likeness (QED) is 0.892. The molecule has 0 aromatic heterocycles. The van der Waals surface area contributed by atoms with Gasteiger partial charge in [0.1, 0.15) is 11.9 Å². The van der Waals surface area contributed by atoms with E-state index in [1.165, 1.54) is 16.3 Å². The molecule has 2 aromatic rings. The monoisotopic (exact) mass is 355 g/mol. The Morgan fingerprint density at radius 2 is 1.88 bits per heavy atom. The first-order valence-corrected chi connectivity index (χ1v) is 9.39. The van der Waals surface area contributed by atoms with Crippen LogP contribution in [-0.2, 0) is 16.1 Å². The molecule has 0 aliphatic carbocycles. The molecule has 0 radical (unpaired) electrons. The Kier molecular flexibility index (Phi) is 5.09. The third kappa shape index (κ3) is 4.00. The van der Waals surface area contributed by atoms with E-state index >= 15 is 0 Å². The molecule has 2 aliphatic heterocycles. The van der Waals surface area contributed by atoms with Crippen LogP contribution in [0.25, 0.3) is 10.8 Å². The fraction of sp³-hybridized carbons (Fsp3) is 0.476. The summed E-state index contributed by atoms with van der Waals surface area (Å²) < 4.78 is 11.3. The fourth-order valence-corrected chi connectivity index (χ4v) is 3.84. The van der Waals surface area contributed by atoms with Crippen molar-refractivity contribution in [3.63, 3.8) is 0 Å². The van der Waals surface area contributed by atoms with Gasteiger partial charge in [-0.2, -0.15) is 0 Å². The van der Waals surface area contributed by atoms with E-state index in [1.54, 1.807) is 0 Å². The molecule has 0 bridgehead atoms. The zero-order chi connectivity index (χ0) is 17.9. The predicted molar refractivity (Wildman–Crippen MR) is 99.4 cm³/mol. The molecule has 138 valence electrons. The van der Waals surface area contributed by atoms with Crippen molar-refractivity contribution in [1.82, 2.24) is 4.90 Å². The van der Waals surface area contributed by atoms with Crippen LogP contribution in [0.2, 0.25) is 0 Å². The highest BCUT2D eigenvalue weighted by molar-refractivity contribution is 5.84. The minimum absolute atomic E-state index is 0.167. The van der Waals surface area contributed by atoms with Crippen LogP contribution in [0.1, 0.15) is 24.8 Å². The second kappa shape index (κ2) is 7.64. The highest BCUT2D eigenvalue weighted by Gasteiger charge is 2.24. The number of likely N-dealkylation sites (tertiary alicyclic amines) is 1. The van der Waals surface area contributed by atoms with Crippen molar-refractivity contribution in [2.24, 2.45) is 5.92 Å². The van der Waals surface area contributed by atoms with Crippen molar-refractivity contribution in [2.75, 3.05) is 26.3 Å². The maximum atomic E-state index is 11.1. The van der Waals surface area contributed by atoms with Gasteiger partial charge in [0.05, 0.1) is 19.1 Å². The molecule has 5 heteroatoms. The van der Waals surface area contributed by atoms with Gasteiger partial charge in [-0.05, 0) is 60.5 Å². The third-order valence-corrected chi connectivity index (χ3v) is 5.41. The van der Waals surface area contributed by atoms with E-state index in [-0.39, 0.29) is 12.0 Å². The Bertz CT molecular complexity index is 777. The number of nitrogens with zero attached hydrogens (tertiary/aromatic N) is 1. The summed E-state index contributed by atoms with van der Waals surface area (Å²) in [6, 6.07) is 12.8. The minimum atomic E-state index is -0.655. The molecule has 2 aromatic carbocycles. The van der Waals surface area contributed by atoms with E-state index in [9.17, 15) is 4.79 Å². The number of rotatable bonds is 5. The van der Waals surface area contributed by atoms with Crippen LogP contribution in [0, 0.1) is 5.92 Å². The van der Waals surface area contributed by atoms with E-state index in [4.69, 9.17) is 14.6 Å². The van der Waals surface area contributed by atoms with Crippen LogP contribution in [0.3, 0.4) is 0 Å². The van der Waals surface area contributed by atoms with Crippen molar-refractivity contribution in [3.8, 4) is 5.75 Å². The van der Waals surface area contributed by atoms with Gasteiger partial charge in [0.2, 0.25) is 0 Å². The Hall–Kier alpha value is -2.11. The lowest BCUT2D eigenvalue weighted by Gasteiger charge is -2.30. The SMILES string of the molecule is O=C(O)C1CCN(Cc2ccc3cc(OC4CCOC4)ccc3c2)CC1. The van der Waals surface area contributed by atoms with Gasteiger partial charge in [0.25, 0.3) is 0 Å². The van der Waals surface area contributed by atoms with E-state index in [1.807, 2.05) is 6.07 Å².